The van der Waals surface area contributed by atoms with Gasteiger partial charge in [-0.1, -0.05) is 36.4 Å². The van der Waals surface area contributed by atoms with E-state index in [1.54, 1.807) is 14.2 Å². The van der Waals surface area contributed by atoms with Crippen LogP contribution in [-0.2, 0) is 17.9 Å². The van der Waals surface area contributed by atoms with Crippen LogP contribution in [-0.4, -0.2) is 39.4 Å². The molecule has 2 aromatic rings. The number of hydrogen-bond acceptors (Lipinski definition) is 4. The largest absolute Gasteiger partial charge is 0.486 e. The summed E-state index contributed by atoms with van der Waals surface area (Å²) in [6, 6.07) is 16.0. The third-order valence-electron chi connectivity index (χ3n) is 4.05. The molecule has 1 aliphatic heterocycles. The van der Waals surface area contributed by atoms with Crippen molar-refractivity contribution in [2.75, 3.05) is 27.3 Å². The molecule has 0 aliphatic carbocycles. The molecule has 0 radical (unpaired) electrons. The zero-order valence-electron chi connectivity index (χ0n) is 15.2. The van der Waals surface area contributed by atoms with E-state index >= 15 is 0 Å². The molecule has 6 nitrogen and oxygen atoms in total. The van der Waals surface area contributed by atoms with Crippen molar-refractivity contribution < 1.29 is 14.2 Å². The van der Waals surface area contributed by atoms with Crippen LogP contribution in [0.5, 0.6) is 11.5 Å². The van der Waals surface area contributed by atoms with Crippen molar-refractivity contribution >= 4 is 5.96 Å². The summed E-state index contributed by atoms with van der Waals surface area (Å²) in [4.78, 5) is 4.26. The van der Waals surface area contributed by atoms with Crippen LogP contribution in [0.15, 0.2) is 53.5 Å². The monoisotopic (exact) mass is 355 g/mol. The molecule has 26 heavy (non-hydrogen) atoms. The first-order valence-corrected chi connectivity index (χ1v) is 8.68. The van der Waals surface area contributed by atoms with Crippen molar-refractivity contribution in [1.29, 1.82) is 0 Å². The van der Waals surface area contributed by atoms with E-state index in [1.807, 2.05) is 30.3 Å². The first-order valence-electron chi connectivity index (χ1n) is 8.68. The van der Waals surface area contributed by atoms with E-state index in [0.717, 1.165) is 23.0 Å². The third kappa shape index (κ3) is 4.89. The van der Waals surface area contributed by atoms with Gasteiger partial charge >= 0.3 is 0 Å². The zero-order valence-corrected chi connectivity index (χ0v) is 15.2. The molecule has 0 saturated carbocycles. The summed E-state index contributed by atoms with van der Waals surface area (Å²) in [6.07, 6.45) is -0.0616. The van der Waals surface area contributed by atoms with Gasteiger partial charge in [0.05, 0.1) is 13.2 Å². The standard InChI is InChI=1S/C20H25N3O3/c1-21-20(22-11-15-6-5-7-16(10-15)13-24-2)23-12-17-14-25-18-8-3-4-9-19(18)26-17/h3-10,17H,11-14H2,1-2H3,(H2,21,22,23). The molecule has 0 saturated heterocycles. The predicted octanol–water partition coefficient (Wildman–Crippen LogP) is 2.34. The minimum absolute atomic E-state index is 0.0616. The molecule has 0 aromatic heterocycles. The summed E-state index contributed by atoms with van der Waals surface area (Å²) in [6.45, 7) is 2.42. The van der Waals surface area contributed by atoms with Crippen LogP contribution in [0.25, 0.3) is 0 Å². The number of methoxy groups -OCH3 is 1. The van der Waals surface area contributed by atoms with Crippen LogP contribution in [0.2, 0.25) is 0 Å². The van der Waals surface area contributed by atoms with Gasteiger partial charge in [-0.3, -0.25) is 4.99 Å². The van der Waals surface area contributed by atoms with Crippen molar-refractivity contribution in [3.05, 3.63) is 59.7 Å². The smallest absolute Gasteiger partial charge is 0.191 e. The molecule has 0 fully saturated rings. The van der Waals surface area contributed by atoms with Crippen molar-refractivity contribution in [3.63, 3.8) is 0 Å². The van der Waals surface area contributed by atoms with Gasteiger partial charge in [-0.2, -0.15) is 0 Å². The molecule has 2 aromatic carbocycles. The Bertz CT molecular complexity index is 749. The molecule has 0 bridgehead atoms. The van der Waals surface area contributed by atoms with Gasteiger partial charge in [0.2, 0.25) is 0 Å². The third-order valence-corrected chi connectivity index (χ3v) is 4.05. The Labute approximate surface area is 154 Å². The van der Waals surface area contributed by atoms with E-state index in [2.05, 4.69) is 33.8 Å². The fourth-order valence-electron chi connectivity index (χ4n) is 2.78. The van der Waals surface area contributed by atoms with Gasteiger partial charge in [-0.25, -0.2) is 0 Å². The molecule has 138 valence electrons. The second-order valence-electron chi connectivity index (χ2n) is 6.06. The first kappa shape index (κ1) is 18.1. The number of benzene rings is 2. The molecule has 1 aliphatic rings. The molecular formula is C20H25N3O3. The highest BCUT2D eigenvalue weighted by Crippen LogP contribution is 2.30. The number of aliphatic imine (C=N–C) groups is 1. The van der Waals surface area contributed by atoms with Crippen LogP contribution in [0.1, 0.15) is 11.1 Å². The van der Waals surface area contributed by atoms with E-state index in [0.29, 0.717) is 26.3 Å². The quantitative estimate of drug-likeness (QED) is 0.615. The zero-order chi connectivity index (χ0) is 18.2. The van der Waals surface area contributed by atoms with Crippen LogP contribution >= 0.6 is 0 Å². The second kappa shape index (κ2) is 9.10. The van der Waals surface area contributed by atoms with E-state index in [9.17, 15) is 0 Å². The summed E-state index contributed by atoms with van der Waals surface area (Å²) >= 11 is 0. The molecule has 6 heteroatoms. The van der Waals surface area contributed by atoms with E-state index in [4.69, 9.17) is 14.2 Å². The Morgan fingerprint density at radius 3 is 2.73 bits per heavy atom. The minimum Gasteiger partial charge on any atom is -0.486 e. The predicted molar refractivity (Wildman–Crippen MR) is 102 cm³/mol. The SMILES string of the molecule is CN=C(NCc1cccc(COC)c1)NCC1COc2ccccc2O1. The van der Waals surface area contributed by atoms with Gasteiger partial charge in [0.25, 0.3) is 0 Å². The molecule has 0 spiro atoms. The normalized spacial score (nSPS) is 16.2. The lowest BCUT2D eigenvalue weighted by molar-refractivity contribution is 0.0936. The van der Waals surface area contributed by atoms with Gasteiger partial charge in [0.15, 0.2) is 17.5 Å². The summed E-state index contributed by atoms with van der Waals surface area (Å²) in [5.41, 5.74) is 2.33. The Morgan fingerprint density at radius 1 is 1.12 bits per heavy atom. The molecule has 1 heterocycles. The number of nitrogens with one attached hydrogen (secondary N) is 2. The molecule has 1 atom stereocenters. The van der Waals surface area contributed by atoms with Gasteiger partial charge < -0.3 is 24.8 Å². The number of para-hydroxylation sites is 2. The highest BCUT2D eigenvalue weighted by molar-refractivity contribution is 5.79. The number of guanidine groups is 1. The fraction of sp³-hybridized carbons (Fsp3) is 0.350. The maximum absolute atomic E-state index is 5.95. The minimum atomic E-state index is -0.0616. The fourth-order valence-corrected chi connectivity index (χ4v) is 2.78. The number of ether oxygens (including phenoxy) is 3. The number of fused-ring (bicyclic) bond motifs is 1. The summed E-state index contributed by atoms with van der Waals surface area (Å²) in [5.74, 6) is 2.30. The number of nitrogens with zero attached hydrogens (tertiary/aromatic N) is 1. The summed E-state index contributed by atoms with van der Waals surface area (Å²) < 4.78 is 16.9. The van der Waals surface area contributed by atoms with Gasteiger partial charge in [0.1, 0.15) is 12.7 Å². The Morgan fingerprint density at radius 2 is 1.92 bits per heavy atom. The lowest BCUT2D eigenvalue weighted by Crippen LogP contribution is -2.45. The molecule has 3 rings (SSSR count). The van der Waals surface area contributed by atoms with Crippen LogP contribution in [0.4, 0.5) is 0 Å². The van der Waals surface area contributed by atoms with Crippen molar-refractivity contribution in [2.45, 2.75) is 19.3 Å². The maximum atomic E-state index is 5.95. The Kier molecular flexibility index (Phi) is 6.33. The summed E-state index contributed by atoms with van der Waals surface area (Å²) in [7, 11) is 3.45. The highest BCUT2D eigenvalue weighted by Gasteiger charge is 2.20. The van der Waals surface area contributed by atoms with Crippen molar-refractivity contribution in [3.8, 4) is 11.5 Å². The van der Waals surface area contributed by atoms with Crippen molar-refractivity contribution in [2.24, 2.45) is 4.99 Å². The highest BCUT2D eigenvalue weighted by atomic mass is 16.6. The molecule has 1 unspecified atom stereocenters. The molecule has 0 amide bonds. The lowest BCUT2D eigenvalue weighted by atomic mass is 10.1. The van der Waals surface area contributed by atoms with E-state index in [1.165, 1.54) is 5.56 Å². The Hall–Kier alpha value is -2.73. The van der Waals surface area contributed by atoms with Crippen LogP contribution in [0, 0.1) is 0 Å². The summed E-state index contributed by atoms with van der Waals surface area (Å²) in [5, 5.41) is 6.60. The average Bonchev–Trinajstić information content (AvgIpc) is 2.68. The van der Waals surface area contributed by atoms with Gasteiger partial charge in [-0.15, -0.1) is 0 Å². The van der Waals surface area contributed by atoms with Crippen LogP contribution < -0.4 is 20.1 Å². The molecule has 2 N–H and O–H groups in total. The number of rotatable bonds is 6. The number of hydrogen-bond donors (Lipinski definition) is 2. The van der Waals surface area contributed by atoms with Crippen molar-refractivity contribution in [1.82, 2.24) is 10.6 Å². The van der Waals surface area contributed by atoms with E-state index < -0.39 is 0 Å². The topological polar surface area (TPSA) is 64.1 Å². The van der Waals surface area contributed by atoms with E-state index in [-0.39, 0.29) is 6.10 Å². The Balaban J connectivity index is 1.47. The lowest BCUT2D eigenvalue weighted by Gasteiger charge is -2.27. The second-order valence-corrected chi connectivity index (χ2v) is 6.06. The first-order chi connectivity index (χ1) is 12.8. The average molecular weight is 355 g/mol. The van der Waals surface area contributed by atoms with Crippen LogP contribution in [0.3, 0.4) is 0 Å². The van der Waals surface area contributed by atoms with Gasteiger partial charge in [0, 0.05) is 20.7 Å². The maximum Gasteiger partial charge on any atom is 0.191 e. The van der Waals surface area contributed by atoms with Gasteiger partial charge in [-0.05, 0) is 23.3 Å². The molecular weight excluding hydrogens is 330 g/mol.